The van der Waals surface area contributed by atoms with Gasteiger partial charge in [0, 0.05) is 12.2 Å². The normalized spacial score (nSPS) is 11.5. The van der Waals surface area contributed by atoms with Gasteiger partial charge >= 0.3 is 0 Å². The van der Waals surface area contributed by atoms with Crippen molar-refractivity contribution in [2.45, 2.75) is 19.9 Å². The van der Waals surface area contributed by atoms with Gasteiger partial charge in [0.2, 0.25) is 5.91 Å². The molecule has 1 amide bonds. The van der Waals surface area contributed by atoms with E-state index in [9.17, 15) is 9.18 Å². The summed E-state index contributed by atoms with van der Waals surface area (Å²) in [4.78, 5) is 13.2. The van der Waals surface area contributed by atoms with Crippen LogP contribution in [0.3, 0.4) is 0 Å². The summed E-state index contributed by atoms with van der Waals surface area (Å²) in [5.74, 6) is -0.479. The third-order valence-corrected chi connectivity index (χ3v) is 2.11. The van der Waals surface area contributed by atoms with Crippen molar-refractivity contribution >= 4 is 24.0 Å². The third-order valence-electron chi connectivity index (χ3n) is 2.11. The van der Waals surface area contributed by atoms with Crippen LogP contribution in [0, 0.1) is 5.82 Å². The number of anilines is 1. The van der Waals surface area contributed by atoms with Crippen molar-refractivity contribution in [1.82, 2.24) is 0 Å². The Balaban J connectivity index is 0.00000225. The molecule has 3 nitrogen and oxygen atoms in total. The number of rotatable bonds is 3. The highest BCUT2D eigenvalue weighted by Crippen LogP contribution is 2.15. The van der Waals surface area contributed by atoms with Crippen molar-refractivity contribution in [2.24, 2.45) is 5.73 Å². The number of hydrogen-bond acceptors (Lipinski definition) is 2. The highest BCUT2D eigenvalue weighted by atomic mass is 35.5. The summed E-state index contributed by atoms with van der Waals surface area (Å²) >= 11 is 0. The minimum Gasteiger partial charge on any atom is -0.320 e. The summed E-state index contributed by atoms with van der Waals surface area (Å²) < 4.78 is 12.7. The molecule has 16 heavy (non-hydrogen) atoms. The zero-order valence-corrected chi connectivity index (χ0v) is 10.1. The number of benzene rings is 1. The Hall–Kier alpha value is -1.13. The highest BCUT2D eigenvalue weighted by molar-refractivity contribution is 5.96. The van der Waals surface area contributed by atoms with E-state index in [0.717, 1.165) is 0 Å². The molecule has 5 heteroatoms. The molecule has 0 radical (unpaired) electrons. The quantitative estimate of drug-likeness (QED) is 0.886. The van der Waals surface area contributed by atoms with E-state index in [4.69, 9.17) is 5.73 Å². The molecule has 0 spiro atoms. The predicted octanol–water partition coefficient (Wildman–Crippen LogP) is 1.95. The van der Waals surface area contributed by atoms with Crippen LogP contribution in [0.15, 0.2) is 24.3 Å². The van der Waals surface area contributed by atoms with Crippen molar-refractivity contribution in [2.75, 3.05) is 11.4 Å². The van der Waals surface area contributed by atoms with Gasteiger partial charge in [-0.3, -0.25) is 4.79 Å². The van der Waals surface area contributed by atoms with Gasteiger partial charge in [-0.2, -0.15) is 0 Å². The van der Waals surface area contributed by atoms with Crippen LogP contribution in [0.5, 0.6) is 0 Å². The average molecular weight is 247 g/mol. The fraction of sp³-hybridized carbons (Fsp3) is 0.364. The Bertz CT molecular complexity index is 340. The van der Waals surface area contributed by atoms with Gasteiger partial charge in [-0.05, 0) is 38.1 Å². The Morgan fingerprint density at radius 3 is 2.31 bits per heavy atom. The topological polar surface area (TPSA) is 46.3 Å². The van der Waals surface area contributed by atoms with Crippen LogP contribution in [0.4, 0.5) is 10.1 Å². The lowest BCUT2D eigenvalue weighted by atomic mass is 10.2. The van der Waals surface area contributed by atoms with E-state index in [2.05, 4.69) is 0 Å². The van der Waals surface area contributed by atoms with Crippen molar-refractivity contribution in [3.63, 3.8) is 0 Å². The number of hydrogen-bond donors (Lipinski definition) is 1. The molecule has 1 aromatic rings. The molecule has 2 N–H and O–H groups in total. The van der Waals surface area contributed by atoms with E-state index < -0.39 is 6.04 Å². The maximum absolute atomic E-state index is 12.7. The van der Waals surface area contributed by atoms with E-state index in [-0.39, 0.29) is 24.1 Å². The SMILES string of the molecule is CCN(C(=O)[C@@H](C)N)c1ccc(F)cc1.Cl. The molecule has 0 unspecified atom stereocenters. The molecule has 0 aliphatic carbocycles. The number of halogens is 2. The van der Waals surface area contributed by atoms with Crippen LogP contribution in [0.2, 0.25) is 0 Å². The second-order valence-electron chi connectivity index (χ2n) is 3.35. The average Bonchev–Trinajstić information content (AvgIpc) is 2.21. The van der Waals surface area contributed by atoms with Gasteiger partial charge in [-0.15, -0.1) is 12.4 Å². The first-order valence-electron chi connectivity index (χ1n) is 4.88. The molecular formula is C11H16ClFN2O. The summed E-state index contributed by atoms with van der Waals surface area (Å²) in [5, 5.41) is 0. The number of amides is 1. The first kappa shape index (κ1) is 14.9. The summed E-state index contributed by atoms with van der Waals surface area (Å²) in [7, 11) is 0. The first-order chi connectivity index (χ1) is 7.06. The highest BCUT2D eigenvalue weighted by Gasteiger charge is 2.17. The molecule has 1 atom stereocenters. The van der Waals surface area contributed by atoms with Crippen LogP contribution < -0.4 is 10.6 Å². The second-order valence-corrected chi connectivity index (χ2v) is 3.35. The van der Waals surface area contributed by atoms with Crippen LogP contribution in [-0.2, 0) is 4.79 Å². The Morgan fingerprint density at radius 2 is 1.94 bits per heavy atom. The molecule has 0 heterocycles. The molecule has 0 bridgehead atoms. The van der Waals surface area contributed by atoms with E-state index in [1.807, 2.05) is 6.92 Å². The summed E-state index contributed by atoms with van der Waals surface area (Å²) in [6.07, 6.45) is 0. The van der Waals surface area contributed by atoms with Gasteiger partial charge in [0.05, 0.1) is 6.04 Å². The maximum atomic E-state index is 12.7. The van der Waals surface area contributed by atoms with Gasteiger partial charge in [0.15, 0.2) is 0 Å². The molecule has 0 saturated heterocycles. The zero-order chi connectivity index (χ0) is 11.4. The monoisotopic (exact) mass is 246 g/mol. The number of likely N-dealkylation sites (N-methyl/N-ethyl adjacent to an activating group) is 1. The Labute approximate surface area is 101 Å². The predicted molar refractivity (Wildman–Crippen MR) is 65.3 cm³/mol. The van der Waals surface area contributed by atoms with E-state index >= 15 is 0 Å². The van der Waals surface area contributed by atoms with Crippen LogP contribution in [0.1, 0.15) is 13.8 Å². The number of nitrogens with two attached hydrogens (primary N) is 1. The lowest BCUT2D eigenvalue weighted by molar-refractivity contribution is -0.119. The molecule has 0 saturated carbocycles. The fourth-order valence-electron chi connectivity index (χ4n) is 1.33. The Morgan fingerprint density at radius 1 is 1.44 bits per heavy atom. The van der Waals surface area contributed by atoms with E-state index in [0.29, 0.717) is 12.2 Å². The maximum Gasteiger partial charge on any atom is 0.243 e. The number of nitrogens with zero attached hydrogens (tertiary/aromatic N) is 1. The van der Waals surface area contributed by atoms with Crippen LogP contribution in [-0.4, -0.2) is 18.5 Å². The lowest BCUT2D eigenvalue weighted by Gasteiger charge is -2.22. The van der Waals surface area contributed by atoms with Crippen LogP contribution >= 0.6 is 12.4 Å². The minimum absolute atomic E-state index is 0. The largest absolute Gasteiger partial charge is 0.320 e. The molecule has 1 rings (SSSR count). The van der Waals surface area contributed by atoms with Crippen molar-refractivity contribution in [1.29, 1.82) is 0 Å². The molecular weight excluding hydrogens is 231 g/mol. The molecule has 0 aromatic heterocycles. The lowest BCUT2D eigenvalue weighted by Crippen LogP contribution is -2.42. The minimum atomic E-state index is -0.546. The fourth-order valence-corrected chi connectivity index (χ4v) is 1.33. The molecule has 0 fully saturated rings. The Kier molecular flexibility index (Phi) is 6.00. The summed E-state index contributed by atoms with van der Waals surface area (Å²) in [6, 6.07) is 5.24. The summed E-state index contributed by atoms with van der Waals surface area (Å²) in [5.41, 5.74) is 6.18. The van der Waals surface area contributed by atoms with Crippen molar-refractivity contribution < 1.29 is 9.18 Å². The summed E-state index contributed by atoms with van der Waals surface area (Å²) in [6.45, 7) is 4.00. The number of carbonyl (C=O) groups excluding carboxylic acids is 1. The van der Waals surface area contributed by atoms with Gasteiger partial charge in [0.1, 0.15) is 5.82 Å². The van der Waals surface area contributed by atoms with Gasteiger partial charge in [0.25, 0.3) is 0 Å². The zero-order valence-electron chi connectivity index (χ0n) is 9.31. The van der Waals surface area contributed by atoms with E-state index in [1.165, 1.54) is 17.0 Å². The van der Waals surface area contributed by atoms with Gasteiger partial charge < -0.3 is 10.6 Å². The second kappa shape index (κ2) is 6.45. The third kappa shape index (κ3) is 3.47. The standard InChI is InChI=1S/C11H15FN2O.ClH/c1-3-14(11(15)8(2)13)10-6-4-9(12)5-7-10;/h4-8H,3,13H2,1-2H3;1H/t8-;/m1./s1. The van der Waals surface area contributed by atoms with Gasteiger partial charge in [-0.25, -0.2) is 4.39 Å². The van der Waals surface area contributed by atoms with Gasteiger partial charge in [-0.1, -0.05) is 0 Å². The van der Waals surface area contributed by atoms with Crippen molar-refractivity contribution in [3.05, 3.63) is 30.1 Å². The smallest absolute Gasteiger partial charge is 0.243 e. The van der Waals surface area contributed by atoms with Crippen molar-refractivity contribution in [3.8, 4) is 0 Å². The van der Waals surface area contributed by atoms with Crippen LogP contribution in [0.25, 0.3) is 0 Å². The molecule has 0 aliphatic heterocycles. The molecule has 90 valence electrons. The first-order valence-corrected chi connectivity index (χ1v) is 4.88. The van der Waals surface area contributed by atoms with E-state index in [1.54, 1.807) is 19.1 Å². The molecule has 1 aromatic carbocycles. The number of carbonyl (C=O) groups is 1. The molecule has 0 aliphatic rings.